The molecule has 0 N–H and O–H groups in total. The summed E-state index contributed by atoms with van der Waals surface area (Å²) >= 11 is 0. The van der Waals surface area contributed by atoms with Crippen molar-refractivity contribution >= 4 is 15.7 Å². The van der Waals surface area contributed by atoms with Crippen molar-refractivity contribution in [2.24, 2.45) is 7.05 Å². The highest BCUT2D eigenvalue weighted by molar-refractivity contribution is 7.93. The van der Waals surface area contributed by atoms with E-state index in [1.165, 1.54) is 4.68 Å². The first-order chi connectivity index (χ1) is 14.3. The summed E-state index contributed by atoms with van der Waals surface area (Å²) < 4.78 is 31.8. The van der Waals surface area contributed by atoms with Crippen molar-refractivity contribution in [3.8, 4) is 11.4 Å². The predicted octanol–water partition coefficient (Wildman–Crippen LogP) is 1.58. The highest BCUT2D eigenvalue weighted by Crippen LogP contribution is 2.49. The fourth-order valence-corrected chi connectivity index (χ4v) is 6.83. The molecule has 0 radical (unpaired) electrons. The lowest BCUT2D eigenvalue weighted by Gasteiger charge is -2.48. The van der Waals surface area contributed by atoms with Gasteiger partial charge in [0, 0.05) is 25.7 Å². The molecule has 1 spiro atoms. The molecule has 5 rings (SSSR count). The Balaban J connectivity index is 1.42. The Kier molecular flexibility index (Phi) is 4.11. The summed E-state index contributed by atoms with van der Waals surface area (Å²) in [6, 6.07) is 11.1. The fourth-order valence-electron chi connectivity index (χ4n) is 4.52. The molecule has 10 heteroatoms. The third-order valence-corrected chi connectivity index (χ3v) is 8.68. The van der Waals surface area contributed by atoms with E-state index in [1.807, 2.05) is 37.3 Å². The summed E-state index contributed by atoms with van der Waals surface area (Å²) in [4.78, 5) is 18.9. The number of benzene rings is 1. The van der Waals surface area contributed by atoms with Crippen LogP contribution in [0.5, 0.6) is 0 Å². The first-order valence-electron chi connectivity index (χ1n) is 9.72. The monoisotopic (exact) mass is 427 g/mol. The van der Waals surface area contributed by atoms with Gasteiger partial charge in [0.15, 0.2) is 9.84 Å². The molecule has 1 atom stereocenters. The SMILES string of the molecule is Cc1cc(C(=O)N2CC3(C2)C(c2nc(-c4ccccc4)no2)CCS3(=O)=O)n(C)n1. The minimum absolute atomic E-state index is 0.0492. The predicted molar refractivity (Wildman–Crippen MR) is 107 cm³/mol. The van der Waals surface area contributed by atoms with E-state index in [0.717, 1.165) is 11.3 Å². The molecule has 0 aliphatic carbocycles. The van der Waals surface area contributed by atoms with Gasteiger partial charge in [-0.1, -0.05) is 35.5 Å². The molecule has 1 amide bonds. The summed E-state index contributed by atoms with van der Waals surface area (Å²) in [5.41, 5.74) is 1.99. The summed E-state index contributed by atoms with van der Waals surface area (Å²) in [5, 5.41) is 8.25. The smallest absolute Gasteiger partial charge is 0.272 e. The Bertz CT molecular complexity index is 1230. The normalized spacial score (nSPS) is 21.7. The number of rotatable bonds is 3. The van der Waals surface area contributed by atoms with E-state index in [9.17, 15) is 13.2 Å². The van der Waals surface area contributed by atoms with Crippen LogP contribution in [-0.2, 0) is 16.9 Å². The number of aromatic nitrogens is 4. The molecule has 1 unspecified atom stereocenters. The lowest BCUT2D eigenvalue weighted by Crippen LogP contribution is -2.67. The number of aryl methyl sites for hydroxylation is 2. The quantitative estimate of drug-likeness (QED) is 0.624. The molecule has 2 saturated heterocycles. The van der Waals surface area contributed by atoms with Crippen molar-refractivity contribution < 1.29 is 17.7 Å². The highest BCUT2D eigenvalue weighted by Gasteiger charge is 2.64. The van der Waals surface area contributed by atoms with Crippen molar-refractivity contribution in [1.29, 1.82) is 0 Å². The van der Waals surface area contributed by atoms with E-state index in [0.29, 0.717) is 23.8 Å². The Morgan fingerprint density at radius 3 is 2.63 bits per heavy atom. The van der Waals surface area contributed by atoms with Crippen molar-refractivity contribution in [2.75, 3.05) is 18.8 Å². The molecule has 1 aromatic carbocycles. The lowest BCUT2D eigenvalue weighted by atomic mass is 9.83. The van der Waals surface area contributed by atoms with E-state index in [-0.39, 0.29) is 24.7 Å². The molecular weight excluding hydrogens is 406 g/mol. The number of amides is 1. The van der Waals surface area contributed by atoms with Crippen LogP contribution in [0.25, 0.3) is 11.4 Å². The molecule has 3 aromatic rings. The molecule has 2 fully saturated rings. The van der Waals surface area contributed by atoms with Crippen LogP contribution in [0, 0.1) is 6.92 Å². The van der Waals surface area contributed by atoms with E-state index in [4.69, 9.17) is 4.52 Å². The lowest BCUT2D eigenvalue weighted by molar-refractivity contribution is 0.0493. The zero-order valence-electron chi connectivity index (χ0n) is 16.6. The number of sulfone groups is 1. The molecule has 4 heterocycles. The minimum atomic E-state index is -3.40. The third kappa shape index (κ3) is 2.70. The number of carbonyl (C=O) groups is 1. The fraction of sp³-hybridized carbons (Fsp3) is 0.400. The molecule has 156 valence electrons. The van der Waals surface area contributed by atoms with Gasteiger partial charge in [-0.05, 0) is 19.4 Å². The Morgan fingerprint density at radius 1 is 1.23 bits per heavy atom. The number of carbonyl (C=O) groups excluding carboxylic acids is 1. The topological polar surface area (TPSA) is 111 Å². The second kappa shape index (κ2) is 6.49. The van der Waals surface area contributed by atoms with Crippen molar-refractivity contribution in [3.05, 3.63) is 53.7 Å². The van der Waals surface area contributed by atoms with Crippen LogP contribution in [0.1, 0.15) is 34.4 Å². The molecule has 30 heavy (non-hydrogen) atoms. The average Bonchev–Trinajstić information content (AvgIpc) is 3.36. The van der Waals surface area contributed by atoms with E-state index in [2.05, 4.69) is 15.2 Å². The zero-order valence-corrected chi connectivity index (χ0v) is 17.5. The summed E-state index contributed by atoms with van der Waals surface area (Å²) in [6.45, 7) is 2.05. The van der Waals surface area contributed by atoms with Gasteiger partial charge in [-0.15, -0.1) is 0 Å². The van der Waals surface area contributed by atoms with Crippen LogP contribution in [0.4, 0.5) is 0 Å². The van der Waals surface area contributed by atoms with Gasteiger partial charge in [0.25, 0.3) is 5.91 Å². The van der Waals surface area contributed by atoms with Gasteiger partial charge in [-0.2, -0.15) is 10.1 Å². The first kappa shape index (κ1) is 19.0. The number of hydrogen-bond acceptors (Lipinski definition) is 7. The van der Waals surface area contributed by atoms with Gasteiger partial charge in [0.05, 0.1) is 17.4 Å². The van der Waals surface area contributed by atoms with E-state index in [1.54, 1.807) is 18.0 Å². The largest absolute Gasteiger partial charge is 0.339 e. The van der Waals surface area contributed by atoms with Crippen LogP contribution in [0.2, 0.25) is 0 Å². The van der Waals surface area contributed by atoms with Gasteiger partial charge < -0.3 is 9.42 Å². The van der Waals surface area contributed by atoms with Gasteiger partial charge in [-0.3, -0.25) is 9.48 Å². The maximum atomic E-state index is 13.0. The molecule has 0 saturated carbocycles. The van der Waals surface area contributed by atoms with Crippen LogP contribution in [0.15, 0.2) is 40.9 Å². The number of likely N-dealkylation sites (tertiary alicyclic amines) is 1. The van der Waals surface area contributed by atoms with Crippen LogP contribution < -0.4 is 0 Å². The summed E-state index contributed by atoms with van der Waals surface area (Å²) in [7, 11) is -1.70. The van der Waals surface area contributed by atoms with E-state index >= 15 is 0 Å². The summed E-state index contributed by atoms with van der Waals surface area (Å²) in [5.74, 6) is 0.152. The van der Waals surface area contributed by atoms with Gasteiger partial charge in [-0.25, -0.2) is 8.42 Å². The highest BCUT2D eigenvalue weighted by atomic mass is 32.2. The second-order valence-corrected chi connectivity index (χ2v) is 10.5. The standard InChI is InChI=1S/C20H21N5O4S/c1-13-10-16(24(2)22-13)19(26)25-11-20(12-25)15(8-9-30(20,27)28)18-21-17(23-29-18)14-6-4-3-5-7-14/h3-7,10,15H,8-9,11-12H2,1-2H3. The molecule has 9 nitrogen and oxygen atoms in total. The number of hydrogen-bond donors (Lipinski definition) is 0. The molecule has 0 bridgehead atoms. The molecule has 2 aliphatic heterocycles. The maximum Gasteiger partial charge on any atom is 0.272 e. The van der Waals surface area contributed by atoms with Crippen LogP contribution in [-0.4, -0.2) is 62.7 Å². The average molecular weight is 427 g/mol. The van der Waals surface area contributed by atoms with E-state index < -0.39 is 20.5 Å². The summed E-state index contributed by atoms with van der Waals surface area (Å²) in [6.07, 6.45) is 0.408. The Labute approximate surface area is 173 Å². The van der Waals surface area contributed by atoms with Crippen molar-refractivity contribution in [1.82, 2.24) is 24.8 Å². The molecule has 2 aliphatic rings. The maximum absolute atomic E-state index is 13.0. The first-order valence-corrected chi connectivity index (χ1v) is 11.4. The Hall–Kier alpha value is -3.01. The van der Waals surface area contributed by atoms with Gasteiger partial charge in [0.2, 0.25) is 11.7 Å². The second-order valence-electron chi connectivity index (χ2n) is 8.00. The number of nitrogens with zero attached hydrogens (tertiary/aromatic N) is 5. The minimum Gasteiger partial charge on any atom is -0.339 e. The molecule has 2 aromatic heterocycles. The van der Waals surface area contributed by atoms with Crippen LogP contribution in [0.3, 0.4) is 0 Å². The van der Waals surface area contributed by atoms with Crippen molar-refractivity contribution in [2.45, 2.75) is 24.0 Å². The third-order valence-electron chi connectivity index (χ3n) is 6.13. The zero-order chi connectivity index (χ0) is 21.1. The Morgan fingerprint density at radius 2 is 1.97 bits per heavy atom. The van der Waals surface area contributed by atoms with Crippen LogP contribution >= 0.6 is 0 Å². The van der Waals surface area contributed by atoms with Crippen molar-refractivity contribution in [3.63, 3.8) is 0 Å². The molecular formula is C20H21N5O4S. The van der Waals surface area contributed by atoms with Gasteiger partial charge in [0.1, 0.15) is 10.4 Å². The van der Waals surface area contributed by atoms with Gasteiger partial charge >= 0.3 is 0 Å².